The molecule has 2 saturated heterocycles. The van der Waals surface area contributed by atoms with Crippen molar-refractivity contribution < 1.29 is 37.4 Å². The van der Waals surface area contributed by atoms with Crippen LogP contribution in [0.3, 0.4) is 0 Å². The van der Waals surface area contributed by atoms with Crippen molar-refractivity contribution >= 4 is 27.9 Å². The van der Waals surface area contributed by atoms with Crippen LogP contribution in [0.4, 0.5) is 0 Å². The van der Waals surface area contributed by atoms with Crippen molar-refractivity contribution in [2.24, 2.45) is 0 Å². The number of aliphatic carboxylic acids is 1. The minimum Gasteiger partial charge on any atom is -0.478 e. The molecule has 184 valence electrons. The predicted octanol–water partition coefficient (Wildman–Crippen LogP) is 1.83. The smallest absolute Gasteiger partial charge is 0.355 e. The highest BCUT2D eigenvalue weighted by Gasteiger charge is 2.66. The van der Waals surface area contributed by atoms with Gasteiger partial charge in [0.25, 0.3) is 5.91 Å². The van der Waals surface area contributed by atoms with Crippen LogP contribution in [0.15, 0.2) is 71.9 Å². The number of hydrogen-bond acceptors (Lipinski definition) is 7. The average molecular weight is 501 g/mol. The summed E-state index contributed by atoms with van der Waals surface area (Å²) in [6.07, 6.45) is -3.19. The fraction of sp³-hybridized carbons (Fsp3) is 0.292. The number of carboxylic acid groups (broad SMARTS) is 1. The Balaban J connectivity index is 1.58. The first-order chi connectivity index (χ1) is 16.6. The van der Waals surface area contributed by atoms with E-state index in [2.05, 4.69) is 0 Å². The summed E-state index contributed by atoms with van der Waals surface area (Å²) >= 11 is 0. The van der Waals surface area contributed by atoms with Gasteiger partial charge >= 0.3 is 11.9 Å². The van der Waals surface area contributed by atoms with Crippen LogP contribution in [-0.2, 0) is 46.2 Å². The minimum absolute atomic E-state index is 0.0389. The van der Waals surface area contributed by atoms with E-state index in [0.29, 0.717) is 15.4 Å². The Labute approximate surface area is 202 Å². The first-order valence-electron chi connectivity index (χ1n) is 10.8. The maximum atomic E-state index is 13.2. The molecule has 0 aromatic heterocycles. The quantitative estimate of drug-likeness (QED) is 0.330. The number of amides is 1. The second-order valence-corrected chi connectivity index (χ2v) is 10.2. The Morgan fingerprint density at radius 2 is 1.57 bits per heavy atom. The first kappa shape index (κ1) is 24.6. The second-order valence-electron chi connectivity index (χ2n) is 8.35. The van der Waals surface area contributed by atoms with Crippen molar-refractivity contribution in [3.05, 3.63) is 83.1 Å². The van der Waals surface area contributed by atoms with E-state index in [1.165, 1.54) is 0 Å². The van der Waals surface area contributed by atoms with Gasteiger partial charge in [0, 0.05) is 0 Å². The molecule has 2 aliphatic heterocycles. The number of sulfonamides is 1. The number of esters is 1. The number of fused-ring (bicyclic) bond motifs is 1. The highest BCUT2D eigenvalue weighted by atomic mass is 32.2. The van der Waals surface area contributed by atoms with Crippen molar-refractivity contribution in [1.29, 1.82) is 0 Å². The van der Waals surface area contributed by atoms with Crippen LogP contribution < -0.4 is 0 Å². The van der Waals surface area contributed by atoms with E-state index >= 15 is 0 Å². The number of likely N-dealkylation sites (tertiary alicyclic amines) is 1. The van der Waals surface area contributed by atoms with Crippen molar-refractivity contribution in [1.82, 2.24) is 9.21 Å². The summed E-state index contributed by atoms with van der Waals surface area (Å²) in [5, 5.41) is 9.65. The molecule has 10 nitrogen and oxygen atoms in total. The maximum absolute atomic E-state index is 13.2. The molecule has 0 aliphatic carbocycles. The van der Waals surface area contributed by atoms with Crippen molar-refractivity contribution in [3.63, 3.8) is 0 Å². The summed E-state index contributed by atoms with van der Waals surface area (Å²) in [5.41, 5.74) is 1.48. The third-order valence-corrected chi connectivity index (χ3v) is 7.39. The van der Waals surface area contributed by atoms with E-state index in [4.69, 9.17) is 9.47 Å². The number of carboxylic acids is 1. The largest absolute Gasteiger partial charge is 0.478 e. The Bertz CT molecular complexity index is 1270. The number of hydrogen-bond donors (Lipinski definition) is 1. The number of β-lactam (4-membered cyclic amide) rings is 1. The minimum atomic E-state index is -4.26. The molecule has 1 N–H and O–H groups in total. The number of rotatable bonds is 8. The molecular weight excluding hydrogens is 476 g/mol. The van der Waals surface area contributed by atoms with Gasteiger partial charge in [0.1, 0.15) is 12.3 Å². The molecule has 0 saturated carbocycles. The number of carbonyl (C=O) groups excluding carboxylic acids is 2. The van der Waals surface area contributed by atoms with Crippen LogP contribution in [0, 0.1) is 0 Å². The number of ether oxygens (including phenoxy) is 2. The lowest BCUT2D eigenvalue weighted by Crippen LogP contribution is -2.67. The van der Waals surface area contributed by atoms with Gasteiger partial charge in [-0.2, -0.15) is 0 Å². The Morgan fingerprint density at radius 3 is 2.11 bits per heavy atom. The molecule has 0 bridgehead atoms. The summed E-state index contributed by atoms with van der Waals surface area (Å²) in [5.74, 6) is -3.63. The van der Waals surface area contributed by atoms with Crippen LogP contribution in [0.5, 0.6) is 0 Å². The van der Waals surface area contributed by atoms with Gasteiger partial charge in [0.05, 0.1) is 5.75 Å². The lowest BCUT2D eigenvalue weighted by Gasteiger charge is -2.43. The fourth-order valence-corrected chi connectivity index (χ4v) is 5.81. The van der Waals surface area contributed by atoms with Gasteiger partial charge in [0.15, 0.2) is 12.3 Å². The zero-order valence-electron chi connectivity index (χ0n) is 19.0. The van der Waals surface area contributed by atoms with E-state index in [9.17, 15) is 27.9 Å². The first-order valence-corrected chi connectivity index (χ1v) is 12.4. The molecule has 1 amide bonds. The van der Waals surface area contributed by atoms with Crippen LogP contribution in [0.2, 0.25) is 0 Å². The average Bonchev–Trinajstić information content (AvgIpc) is 3.19. The molecule has 2 aromatic carbocycles. The number of allylic oxidation sites excluding steroid dienone is 1. The molecule has 2 fully saturated rings. The fourth-order valence-electron chi connectivity index (χ4n) is 4.07. The Hall–Kier alpha value is -3.54. The van der Waals surface area contributed by atoms with Gasteiger partial charge in [-0.3, -0.25) is 9.69 Å². The summed E-state index contributed by atoms with van der Waals surface area (Å²) in [4.78, 5) is 38.9. The maximum Gasteiger partial charge on any atom is 0.355 e. The SMILES string of the molecule is CC(C)=C(C(=O)OCc1ccccc1)N1C(=O)C2C1OC(C(=O)O)N2S(=O)(=O)Cc1ccccc1. The third-order valence-electron chi connectivity index (χ3n) is 5.63. The molecule has 4 rings (SSSR count). The van der Waals surface area contributed by atoms with Crippen LogP contribution in [-0.4, -0.2) is 59.1 Å². The van der Waals surface area contributed by atoms with E-state index in [0.717, 1.165) is 10.5 Å². The van der Waals surface area contributed by atoms with Gasteiger partial charge in [-0.1, -0.05) is 60.7 Å². The Morgan fingerprint density at radius 1 is 1.00 bits per heavy atom. The number of carbonyl (C=O) groups is 3. The molecule has 2 aliphatic rings. The van der Waals surface area contributed by atoms with Crippen LogP contribution in [0.25, 0.3) is 0 Å². The van der Waals surface area contributed by atoms with Gasteiger partial charge in [-0.05, 0) is 30.5 Å². The zero-order chi connectivity index (χ0) is 25.3. The van der Waals surface area contributed by atoms with Gasteiger partial charge in [-0.15, -0.1) is 4.31 Å². The molecule has 3 atom stereocenters. The molecule has 0 spiro atoms. The van der Waals surface area contributed by atoms with Gasteiger partial charge < -0.3 is 14.6 Å². The highest BCUT2D eigenvalue weighted by molar-refractivity contribution is 7.88. The van der Waals surface area contributed by atoms with E-state index in [1.54, 1.807) is 68.4 Å². The topological polar surface area (TPSA) is 131 Å². The van der Waals surface area contributed by atoms with Gasteiger partial charge in [-0.25, -0.2) is 18.0 Å². The third kappa shape index (κ3) is 4.70. The molecule has 35 heavy (non-hydrogen) atoms. The highest BCUT2D eigenvalue weighted by Crippen LogP contribution is 2.41. The van der Waals surface area contributed by atoms with Crippen molar-refractivity contribution in [2.75, 3.05) is 0 Å². The number of benzene rings is 2. The van der Waals surface area contributed by atoms with E-state index in [1.807, 2.05) is 6.07 Å². The monoisotopic (exact) mass is 500 g/mol. The van der Waals surface area contributed by atoms with Crippen LogP contribution >= 0.6 is 0 Å². The predicted molar refractivity (Wildman–Crippen MR) is 122 cm³/mol. The van der Waals surface area contributed by atoms with E-state index in [-0.39, 0.29) is 12.3 Å². The summed E-state index contributed by atoms with van der Waals surface area (Å²) in [7, 11) is -4.26. The summed E-state index contributed by atoms with van der Waals surface area (Å²) in [6, 6.07) is 15.7. The lowest BCUT2D eigenvalue weighted by molar-refractivity contribution is -0.174. The van der Waals surface area contributed by atoms with Gasteiger partial charge in [0.2, 0.25) is 16.3 Å². The molecule has 0 radical (unpaired) electrons. The Kier molecular flexibility index (Phi) is 6.75. The summed E-state index contributed by atoms with van der Waals surface area (Å²) in [6.45, 7) is 3.14. The second kappa shape index (κ2) is 9.61. The van der Waals surface area contributed by atoms with Crippen LogP contribution in [0.1, 0.15) is 25.0 Å². The number of nitrogens with zero attached hydrogens (tertiary/aromatic N) is 2. The summed E-state index contributed by atoms with van der Waals surface area (Å²) < 4.78 is 37.8. The van der Waals surface area contributed by atoms with Crippen molar-refractivity contribution in [2.45, 2.75) is 44.7 Å². The lowest BCUT2D eigenvalue weighted by atomic mass is 10.0. The van der Waals surface area contributed by atoms with Crippen molar-refractivity contribution in [3.8, 4) is 0 Å². The molecule has 2 aromatic rings. The normalized spacial score (nSPS) is 21.7. The molecule has 3 unspecified atom stereocenters. The standard InChI is InChI=1S/C24H24N2O8S/c1-15(2)18(24(30)33-13-16-9-5-3-6-10-16)25-20(27)19-21(25)34-22(23(28)29)26(19)35(31,32)14-17-11-7-4-8-12-17/h3-12,19,21-22H,13-14H2,1-2H3,(H,28,29). The molecule has 11 heteroatoms. The zero-order valence-corrected chi connectivity index (χ0v) is 19.8. The molecular formula is C24H24N2O8S. The van der Waals surface area contributed by atoms with E-state index < -0.39 is 52.1 Å². The molecule has 2 heterocycles.